The van der Waals surface area contributed by atoms with Crippen LogP contribution in [0.3, 0.4) is 0 Å². The van der Waals surface area contributed by atoms with Crippen LogP contribution in [0.4, 0.5) is 5.69 Å². The molecule has 0 bridgehead atoms. The third kappa shape index (κ3) is 4.75. The first kappa shape index (κ1) is 18.2. The summed E-state index contributed by atoms with van der Waals surface area (Å²) in [4.78, 5) is 25.1. The van der Waals surface area contributed by atoms with E-state index in [0.717, 1.165) is 11.1 Å². The second-order valence-electron chi connectivity index (χ2n) is 6.10. The molecule has 0 aliphatic carbocycles. The monoisotopic (exact) mass is 365 g/mol. The number of ether oxygens (including phenoxy) is 1. The van der Waals surface area contributed by atoms with E-state index < -0.39 is 18.0 Å². The molecule has 1 N–H and O–H groups in total. The van der Waals surface area contributed by atoms with Crippen LogP contribution in [-0.4, -0.2) is 32.1 Å². The predicted molar refractivity (Wildman–Crippen MR) is 97.6 cm³/mol. The van der Waals surface area contributed by atoms with Crippen molar-refractivity contribution < 1.29 is 14.3 Å². The van der Waals surface area contributed by atoms with E-state index in [0.29, 0.717) is 11.3 Å². The Kier molecular flexibility index (Phi) is 5.55. The van der Waals surface area contributed by atoms with Gasteiger partial charge in [0.25, 0.3) is 5.91 Å². The maximum atomic E-state index is 12.9. The smallest absolute Gasteiger partial charge is 0.329 e. The second-order valence-corrected chi connectivity index (χ2v) is 6.10. The van der Waals surface area contributed by atoms with Gasteiger partial charge in [-0.25, -0.2) is 4.68 Å². The molecule has 1 aromatic heterocycles. The number of benzene rings is 2. The number of hydrogen-bond acceptors (Lipinski definition) is 6. The van der Waals surface area contributed by atoms with Crippen molar-refractivity contribution in [1.82, 2.24) is 20.2 Å². The summed E-state index contributed by atoms with van der Waals surface area (Å²) >= 11 is 0. The summed E-state index contributed by atoms with van der Waals surface area (Å²) in [6.45, 7) is 3.65. The molecule has 1 atom stereocenters. The Morgan fingerprint density at radius 2 is 1.93 bits per heavy atom. The van der Waals surface area contributed by atoms with Crippen LogP contribution >= 0.6 is 0 Å². The molecule has 0 saturated heterocycles. The molecule has 1 heterocycles. The molecule has 0 aliphatic heterocycles. The predicted octanol–water partition coefficient (Wildman–Crippen LogP) is 2.21. The molecule has 0 radical (unpaired) electrons. The summed E-state index contributed by atoms with van der Waals surface area (Å²) in [5.41, 5.74) is 3.19. The number of nitrogens with one attached hydrogen (secondary N) is 1. The Balaban J connectivity index is 1.80. The first-order valence-electron chi connectivity index (χ1n) is 8.36. The third-order valence-corrected chi connectivity index (χ3v) is 3.92. The van der Waals surface area contributed by atoms with Crippen LogP contribution in [0.2, 0.25) is 0 Å². The number of hydrogen-bond donors (Lipinski definition) is 1. The lowest BCUT2D eigenvalue weighted by Crippen LogP contribution is -2.27. The fourth-order valence-corrected chi connectivity index (χ4v) is 2.52. The highest BCUT2D eigenvalue weighted by atomic mass is 16.5. The Morgan fingerprint density at radius 1 is 1.15 bits per heavy atom. The summed E-state index contributed by atoms with van der Waals surface area (Å²) in [5, 5.41) is 13.4. The van der Waals surface area contributed by atoms with Crippen molar-refractivity contribution in [3.8, 4) is 0 Å². The summed E-state index contributed by atoms with van der Waals surface area (Å²) in [5.74, 6) is -1.05. The van der Waals surface area contributed by atoms with Crippen molar-refractivity contribution in [3.05, 3.63) is 71.5 Å². The zero-order valence-corrected chi connectivity index (χ0v) is 15.0. The van der Waals surface area contributed by atoms with E-state index in [2.05, 4.69) is 20.8 Å². The van der Waals surface area contributed by atoms with E-state index >= 15 is 0 Å². The van der Waals surface area contributed by atoms with Crippen LogP contribution < -0.4 is 5.32 Å². The molecule has 0 unspecified atom stereocenters. The minimum Gasteiger partial charge on any atom is -0.446 e. The number of anilines is 1. The number of carbonyl (C=O) groups is 2. The fourth-order valence-electron chi connectivity index (χ4n) is 2.52. The topological polar surface area (TPSA) is 99.0 Å². The molecule has 3 rings (SSSR count). The maximum absolute atomic E-state index is 12.9. The summed E-state index contributed by atoms with van der Waals surface area (Å²) in [7, 11) is 0. The van der Waals surface area contributed by atoms with Gasteiger partial charge in [0, 0.05) is 11.3 Å². The highest BCUT2D eigenvalue weighted by Gasteiger charge is 2.25. The van der Waals surface area contributed by atoms with E-state index in [-0.39, 0.29) is 6.54 Å². The summed E-state index contributed by atoms with van der Waals surface area (Å²) in [6, 6.07) is 14.6. The zero-order chi connectivity index (χ0) is 19.2. The normalized spacial score (nSPS) is 11.6. The number of aromatic nitrogens is 4. The fraction of sp³-hybridized carbons (Fsp3) is 0.211. The van der Waals surface area contributed by atoms with Gasteiger partial charge in [0.2, 0.25) is 6.10 Å². The molecule has 0 fully saturated rings. The van der Waals surface area contributed by atoms with Crippen LogP contribution in [0.1, 0.15) is 22.8 Å². The standard InChI is InChI=1S/C19H19N5O3/c1-13-8-9-14(2)16(10-13)21-19(26)18(15-6-4-3-5-7-15)27-17(25)11-24-12-20-22-23-24/h3-10,12,18H,11H2,1-2H3,(H,21,26)/t18-/m1/s1. The van der Waals surface area contributed by atoms with E-state index in [1.54, 1.807) is 24.3 Å². The Bertz CT molecular complexity index is 926. The van der Waals surface area contributed by atoms with Gasteiger partial charge in [0.15, 0.2) is 0 Å². The Hall–Kier alpha value is -3.55. The first-order valence-corrected chi connectivity index (χ1v) is 8.36. The zero-order valence-electron chi connectivity index (χ0n) is 15.0. The van der Waals surface area contributed by atoms with Gasteiger partial charge in [-0.15, -0.1) is 5.10 Å². The molecular formula is C19H19N5O3. The first-order chi connectivity index (χ1) is 13.0. The molecule has 0 saturated carbocycles. The highest BCUT2D eigenvalue weighted by molar-refractivity contribution is 5.96. The minimum atomic E-state index is -1.09. The van der Waals surface area contributed by atoms with Crippen molar-refractivity contribution in [1.29, 1.82) is 0 Å². The van der Waals surface area contributed by atoms with Gasteiger partial charge < -0.3 is 10.1 Å². The van der Waals surface area contributed by atoms with Crippen molar-refractivity contribution >= 4 is 17.6 Å². The van der Waals surface area contributed by atoms with Crippen molar-refractivity contribution in [2.24, 2.45) is 0 Å². The van der Waals surface area contributed by atoms with Gasteiger partial charge in [-0.05, 0) is 41.5 Å². The number of amides is 1. The number of nitrogens with zero attached hydrogens (tertiary/aromatic N) is 4. The van der Waals surface area contributed by atoms with Gasteiger partial charge in [-0.3, -0.25) is 9.59 Å². The lowest BCUT2D eigenvalue weighted by Gasteiger charge is -2.19. The molecule has 8 heteroatoms. The number of aryl methyl sites for hydroxylation is 2. The SMILES string of the molecule is Cc1ccc(C)c(NC(=O)[C@H](OC(=O)Cn2cnnn2)c2ccccc2)c1. The largest absolute Gasteiger partial charge is 0.446 e. The number of carbonyl (C=O) groups excluding carboxylic acids is 2. The molecular weight excluding hydrogens is 346 g/mol. The quantitative estimate of drug-likeness (QED) is 0.673. The summed E-state index contributed by atoms with van der Waals surface area (Å²) in [6.07, 6.45) is 0.213. The molecule has 2 aromatic carbocycles. The lowest BCUT2D eigenvalue weighted by molar-refractivity contribution is -0.155. The van der Waals surface area contributed by atoms with Crippen molar-refractivity contribution in [2.75, 3.05) is 5.32 Å². The third-order valence-electron chi connectivity index (χ3n) is 3.92. The molecule has 138 valence electrons. The van der Waals surface area contributed by atoms with Crippen LogP contribution in [0.5, 0.6) is 0 Å². The van der Waals surface area contributed by atoms with Crippen LogP contribution in [0, 0.1) is 13.8 Å². The lowest BCUT2D eigenvalue weighted by atomic mass is 10.1. The van der Waals surface area contributed by atoms with Gasteiger partial charge >= 0.3 is 5.97 Å². The Morgan fingerprint density at radius 3 is 2.63 bits per heavy atom. The highest BCUT2D eigenvalue weighted by Crippen LogP contribution is 2.22. The van der Waals surface area contributed by atoms with Crippen LogP contribution in [0.25, 0.3) is 0 Å². The molecule has 27 heavy (non-hydrogen) atoms. The molecule has 1 amide bonds. The molecule has 8 nitrogen and oxygen atoms in total. The maximum Gasteiger partial charge on any atom is 0.329 e. The molecule has 0 spiro atoms. The van der Waals surface area contributed by atoms with Crippen molar-refractivity contribution in [2.45, 2.75) is 26.5 Å². The molecule has 3 aromatic rings. The average Bonchev–Trinajstić information content (AvgIpc) is 3.16. The van der Waals surface area contributed by atoms with Crippen LogP contribution in [0.15, 0.2) is 54.9 Å². The van der Waals surface area contributed by atoms with E-state index in [4.69, 9.17) is 4.74 Å². The van der Waals surface area contributed by atoms with E-state index in [9.17, 15) is 9.59 Å². The second kappa shape index (κ2) is 8.22. The summed E-state index contributed by atoms with van der Waals surface area (Å²) < 4.78 is 6.68. The number of tetrazole rings is 1. The van der Waals surface area contributed by atoms with E-state index in [1.165, 1.54) is 11.0 Å². The van der Waals surface area contributed by atoms with Crippen LogP contribution in [-0.2, 0) is 20.9 Å². The minimum absolute atomic E-state index is 0.187. The molecule has 0 aliphatic rings. The van der Waals surface area contributed by atoms with Gasteiger partial charge in [-0.1, -0.05) is 42.5 Å². The number of rotatable bonds is 6. The number of esters is 1. The van der Waals surface area contributed by atoms with Gasteiger partial charge in [0.05, 0.1) is 0 Å². The van der Waals surface area contributed by atoms with Gasteiger partial charge in [-0.2, -0.15) is 0 Å². The van der Waals surface area contributed by atoms with E-state index in [1.807, 2.05) is 38.1 Å². The van der Waals surface area contributed by atoms with Gasteiger partial charge in [0.1, 0.15) is 12.9 Å². The van der Waals surface area contributed by atoms with Crippen molar-refractivity contribution in [3.63, 3.8) is 0 Å². The average molecular weight is 365 g/mol. The Labute approximate surface area is 156 Å².